The fraction of sp³-hybridized carbons (Fsp3) is 0.538. The highest BCUT2D eigenvalue weighted by molar-refractivity contribution is 7.91. The minimum Gasteiger partial charge on any atom is -0.481 e. The summed E-state index contributed by atoms with van der Waals surface area (Å²) in [5.74, 6) is -1.64. The van der Waals surface area contributed by atoms with Crippen molar-refractivity contribution in [2.45, 2.75) is 19.3 Å². The standard InChI is InChI=1S/C13H17NO4S/c15-13(16)12(10-6-8-19(17,18)9-10)5-4-11-3-1-2-7-14-11/h1-3,7,10,12H,4-6,8-9H2,(H,15,16). The first-order chi connectivity index (χ1) is 8.98. The number of carbonyl (C=O) groups is 1. The number of pyridine rings is 1. The van der Waals surface area contributed by atoms with Crippen LogP contribution in [0.5, 0.6) is 0 Å². The third-order valence-corrected chi connectivity index (χ3v) is 5.39. The lowest BCUT2D eigenvalue weighted by molar-refractivity contribution is -0.143. The number of aryl methyl sites for hydroxylation is 1. The first-order valence-electron chi connectivity index (χ1n) is 6.31. The maximum absolute atomic E-state index is 11.4. The van der Waals surface area contributed by atoms with Crippen molar-refractivity contribution in [1.82, 2.24) is 4.98 Å². The average Bonchev–Trinajstić information content (AvgIpc) is 2.71. The predicted molar refractivity (Wildman–Crippen MR) is 70.4 cm³/mol. The Labute approximate surface area is 112 Å². The first kappa shape index (κ1) is 14.0. The molecule has 0 radical (unpaired) electrons. The second-order valence-electron chi connectivity index (χ2n) is 4.97. The van der Waals surface area contributed by atoms with Crippen LogP contribution in [0, 0.1) is 11.8 Å². The Hall–Kier alpha value is -1.43. The van der Waals surface area contributed by atoms with Gasteiger partial charge in [-0.25, -0.2) is 8.42 Å². The molecule has 1 aliphatic heterocycles. The highest BCUT2D eigenvalue weighted by Crippen LogP contribution is 2.29. The zero-order valence-corrected chi connectivity index (χ0v) is 11.3. The lowest BCUT2D eigenvalue weighted by atomic mass is 9.87. The number of carboxylic acid groups (broad SMARTS) is 1. The van der Waals surface area contributed by atoms with Gasteiger partial charge in [-0.1, -0.05) is 6.07 Å². The normalized spacial score (nSPS) is 23.1. The van der Waals surface area contributed by atoms with Gasteiger partial charge < -0.3 is 5.11 Å². The van der Waals surface area contributed by atoms with Gasteiger partial charge in [-0.05, 0) is 37.3 Å². The number of aromatic nitrogens is 1. The molecule has 0 bridgehead atoms. The largest absolute Gasteiger partial charge is 0.481 e. The molecular weight excluding hydrogens is 266 g/mol. The molecule has 1 aliphatic rings. The van der Waals surface area contributed by atoms with E-state index in [0.717, 1.165) is 5.69 Å². The van der Waals surface area contributed by atoms with Gasteiger partial charge in [0.1, 0.15) is 0 Å². The van der Waals surface area contributed by atoms with Gasteiger partial charge in [-0.2, -0.15) is 0 Å². The Morgan fingerprint density at radius 3 is 2.79 bits per heavy atom. The van der Waals surface area contributed by atoms with E-state index < -0.39 is 21.7 Å². The molecule has 1 aromatic rings. The van der Waals surface area contributed by atoms with Crippen molar-refractivity contribution in [1.29, 1.82) is 0 Å². The molecular formula is C13H17NO4S. The molecule has 1 saturated heterocycles. The SMILES string of the molecule is O=C(O)C(CCc1ccccn1)C1CCS(=O)(=O)C1. The van der Waals surface area contributed by atoms with E-state index in [-0.39, 0.29) is 17.4 Å². The Balaban J connectivity index is 2.00. The smallest absolute Gasteiger partial charge is 0.306 e. The summed E-state index contributed by atoms with van der Waals surface area (Å²) < 4.78 is 22.9. The van der Waals surface area contributed by atoms with E-state index in [1.807, 2.05) is 18.2 Å². The molecule has 2 unspecified atom stereocenters. The molecule has 1 fully saturated rings. The molecule has 0 aromatic carbocycles. The lowest BCUT2D eigenvalue weighted by Gasteiger charge is -2.17. The number of hydrogen-bond donors (Lipinski definition) is 1. The topological polar surface area (TPSA) is 84.3 Å². The van der Waals surface area contributed by atoms with E-state index in [9.17, 15) is 18.3 Å². The van der Waals surface area contributed by atoms with Gasteiger partial charge >= 0.3 is 5.97 Å². The van der Waals surface area contributed by atoms with Crippen LogP contribution < -0.4 is 0 Å². The molecule has 6 heteroatoms. The van der Waals surface area contributed by atoms with Crippen LogP contribution in [0.3, 0.4) is 0 Å². The van der Waals surface area contributed by atoms with Crippen LogP contribution in [0.4, 0.5) is 0 Å². The number of nitrogens with zero attached hydrogens (tertiary/aromatic N) is 1. The third kappa shape index (κ3) is 3.76. The van der Waals surface area contributed by atoms with Crippen LogP contribution in [0.1, 0.15) is 18.5 Å². The summed E-state index contributed by atoms with van der Waals surface area (Å²) in [6.07, 6.45) is 3.13. The minimum atomic E-state index is -3.04. The summed E-state index contributed by atoms with van der Waals surface area (Å²) in [7, 11) is -3.04. The van der Waals surface area contributed by atoms with Crippen LogP contribution >= 0.6 is 0 Å². The fourth-order valence-electron chi connectivity index (χ4n) is 2.55. The quantitative estimate of drug-likeness (QED) is 0.876. The maximum atomic E-state index is 11.4. The molecule has 0 aliphatic carbocycles. The van der Waals surface area contributed by atoms with Crippen molar-refractivity contribution < 1.29 is 18.3 Å². The molecule has 0 amide bonds. The molecule has 5 nitrogen and oxygen atoms in total. The molecule has 2 heterocycles. The molecule has 2 rings (SSSR count). The monoisotopic (exact) mass is 283 g/mol. The molecule has 19 heavy (non-hydrogen) atoms. The predicted octanol–water partition coefficient (Wildman–Crippen LogP) is 1.15. The van der Waals surface area contributed by atoms with Crippen LogP contribution in [-0.4, -0.2) is 36.0 Å². The number of carboxylic acids is 1. The van der Waals surface area contributed by atoms with E-state index in [2.05, 4.69) is 4.98 Å². The Bertz CT molecular complexity index is 541. The van der Waals surface area contributed by atoms with Crippen LogP contribution in [0.2, 0.25) is 0 Å². The molecule has 0 spiro atoms. The highest BCUT2D eigenvalue weighted by Gasteiger charge is 2.36. The van der Waals surface area contributed by atoms with E-state index in [4.69, 9.17) is 0 Å². The molecule has 2 atom stereocenters. The second-order valence-corrected chi connectivity index (χ2v) is 7.20. The Morgan fingerprint density at radius 2 is 2.26 bits per heavy atom. The van der Waals surface area contributed by atoms with E-state index in [1.54, 1.807) is 6.20 Å². The number of hydrogen-bond acceptors (Lipinski definition) is 4. The molecule has 104 valence electrons. The summed E-state index contributed by atoms with van der Waals surface area (Å²) in [5.41, 5.74) is 0.842. The van der Waals surface area contributed by atoms with Crippen molar-refractivity contribution in [2.24, 2.45) is 11.8 Å². The average molecular weight is 283 g/mol. The van der Waals surface area contributed by atoms with E-state index in [1.165, 1.54) is 0 Å². The van der Waals surface area contributed by atoms with Crippen molar-refractivity contribution in [3.8, 4) is 0 Å². The lowest BCUT2D eigenvalue weighted by Crippen LogP contribution is -2.25. The zero-order chi connectivity index (χ0) is 13.9. The molecule has 0 saturated carbocycles. The van der Waals surface area contributed by atoms with Crippen LogP contribution in [-0.2, 0) is 21.1 Å². The Kier molecular flexibility index (Phi) is 4.19. The zero-order valence-electron chi connectivity index (χ0n) is 10.5. The third-order valence-electron chi connectivity index (χ3n) is 3.59. The first-order valence-corrected chi connectivity index (χ1v) is 8.13. The number of rotatable bonds is 5. The Morgan fingerprint density at radius 1 is 1.47 bits per heavy atom. The van der Waals surface area contributed by atoms with Crippen molar-refractivity contribution in [3.05, 3.63) is 30.1 Å². The summed E-state index contributed by atoms with van der Waals surface area (Å²) >= 11 is 0. The van der Waals surface area contributed by atoms with Crippen LogP contribution in [0.15, 0.2) is 24.4 Å². The highest BCUT2D eigenvalue weighted by atomic mass is 32.2. The van der Waals surface area contributed by atoms with Gasteiger partial charge in [0, 0.05) is 11.9 Å². The van der Waals surface area contributed by atoms with Gasteiger partial charge in [0.05, 0.1) is 17.4 Å². The van der Waals surface area contributed by atoms with Crippen LogP contribution in [0.25, 0.3) is 0 Å². The van der Waals surface area contributed by atoms with Crippen molar-refractivity contribution in [3.63, 3.8) is 0 Å². The van der Waals surface area contributed by atoms with Crippen molar-refractivity contribution in [2.75, 3.05) is 11.5 Å². The minimum absolute atomic E-state index is 0.00614. The summed E-state index contributed by atoms with van der Waals surface area (Å²) in [6, 6.07) is 5.52. The van der Waals surface area contributed by atoms with Gasteiger partial charge in [0.2, 0.25) is 0 Å². The fourth-order valence-corrected chi connectivity index (χ4v) is 4.43. The maximum Gasteiger partial charge on any atom is 0.306 e. The van der Waals surface area contributed by atoms with E-state index >= 15 is 0 Å². The van der Waals surface area contributed by atoms with Crippen molar-refractivity contribution >= 4 is 15.8 Å². The van der Waals surface area contributed by atoms with E-state index in [0.29, 0.717) is 19.3 Å². The summed E-state index contributed by atoms with van der Waals surface area (Å²) in [5, 5.41) is 9.27. The number of aliphatic carboxylic acids is 1. The number of sulfone groups is 1. The van der Waals surface area contributed by atoms with Gasteiger partial charge in [-0.3, -0.25) is 9.78 Å². The van der Waals surface area contributed by atoms with Gasteiger partial charge in [0.25, 0.3) is 0 Å². The summed E-state index contributed by atoms with van der Waals surface area (Å²) in [6.45, 7) is 0. The summed E-state index contributed by atoms with van der Waals surface area (Å²) in [4.78, 5) is 15.5. The molecule has 1 N–H and O–H groups in total. The van der Waals surface area contributed by atoms with Gasteiger partial charge in [-0.15, -0.1) is 0 Å². The van der Waals surface area contributed by atoms with Gasteiger partial charge in [0.15, 0.2) is 9.84 Å². The second kappa shape index (κ2) is 5.69. The molecule has 1 aromatic heterocycles.